The minimum absolute atomic E-state index is 0.0410. The van der Waals surface area contributed by atoms with Crippen LogP contribution in [0.1, 0.15) is 17.4 Å². The fraction of sp³-hybridized carbons (Fsp3) is 0.143. The van der Waals surface area contributed by atoms with Crippen LogP contribution < -0.4 is 5.32 Å². The Labute approximate surface area is 109 Å². The first-order valence-corrected chi connectivity index (χ1v) is 5.78. The SMILES string of the molecule is CC(=O)c1cccn1CC(=O)Nc1ccc(F)cc1. The van der Waals surface area contributed by atoms with E-state index in [2.05, 4.69) is 5.32 Å². The van der Waals surface area contributed by atoms with Crippen molar-refractivity contribution < 1.29 is 14.0 Å². The van der Waals surface area contributed by atoms with E-state index < -0.39 is 0 Å². The summed E-state index contributed by atoms with van der Waals surface area (Å²) < 4.78 is 14.3. The minimum Gasteiger partial charge on any atom is -0.336 e. The zero-order chi connectivity index (χ0) is 13.8. The van der Waals surface area contributed by atoms with Gasteiger partial charge in [-0.15, -0.1) is 0 Å². The number of aromatic nitrogens is 1. The van der Waals surface area contributed by atoms with Crippen molar-refractivity contribution in [1.82, 2.24) is 4.57 Å². The number of halogens is 1. The molecule has 0 saturated heterocycles. The van der Waals surface area contributed by atoms with Gasteiger partial charge in [-0.05, 0) is 36.4 Å². The summed E-state index contributed by atoms with van der Waals surface area (Å²) in [7, 11) is 0. The van der Waals surface area contributed by atoms with Crippen molar-refractivity contribution in [3.05, 3.63) is 54.1 Å². The van der Waals surface area contributed by atoms with Crippen molar-refractivity contribution in [1.29, 1.82) is 0 Å². The van der Waals surface area contributed by atoms with Crippen LogP contribution in [0.5, 0.6) is 0 Å². The van der Waals surface area contributed by atoms with Crippen molar-refractivity contribution in [3.8, 4) is 0 Å². The van der Waals surface area contributed by atoms with Crippen LogP contribution in [0.4, 0.5) is 10.1 Å². The predicted octanol–water partition coefficient (Wildman–Crippen LogP) is 2.47. The molecule has 0 fully saturated rings. The van der Waals surface area contributed by atoms with Crippen LogP contribution in [0, 0.1) is 5.82 Å². The Balaban J connectivity index is 2.03. The second kappa shape index (κ2) is 5.48. The van der Waals surface area contributed by atoms with Gasteiger partial charge in [-0.3, -0.25) is 9.59 Å². The average molecular weight is 260 g/mol. The Hall–Kier alpha value is -2.43. The molecule has 0 radical (unpaired) electrons. The molecule has 0 unspecified atom stereocenters. The number of carbonyl (C=O) groups is 2. The molecule has 98 valence electrons. The number of nitrogens with one attached hydrogen (secondary N) is 1. The number of rotatable bonds is 4. The Bertz CT molecular complexity index is 602. The Kier molecular flexibility index (Phi) is 3.75. The highest BCUT2D eigenvalue weighted by Gasteiger charge is 2.09. The van der Waals surface area contributed by atoms with E-state index in [0.29, 0.717) is 11.4 Å². The second-order valence-corrected chi connectivity index (χ2v) is 4.13. The maximum atomic E-state index is 12.7. The molecule has 2 rings (SSSR count). The van der Waals surface area contributed by atoms with E-state index in [4.69, 9.17) is 0 Å². The molecule has 0 saturated carbocycles. The summed E-state index contributed by atoms with van der Waals surface area (Å²) in [6.07, 6.45) is 1.67. The van der Waals surface area contributed by atoms with E-state index in [1.807, 2.05) is 0 Å². The number of ketones is 1. The largest absolute Gasteiger partial charge is 0.336 e. The van der Waals surface area contributed by atoms with Gasteiger partial charge in [-0.25, -0.2) is 4.39 Å². The third-order valence-electron chi connectivity index (χ3n) is 2.63. The predicted molar refractivity (Wildman–Crippen MR) is 69.5 cm³/mol. The standard InChI is InChI=1S/C14H13FN2O2/c1-10(18)13-3-2-8-17(13)9-14(19)16-12-6-4-11(15)5-7-12/h2-8H,9H2,1H3,(H,16,19). The first kappa shape index (κ1) is 13.0. The third kappa shape index (κ3) is 3.28. The summed E-state index contributed by atoms with van der Waals surface area (Å²) in [4.78, 5) is 23.1. The summed E-state index contributed by atoms with van der Waals surface area (Å²) in [5.41, 5.74) is 0.997. The van der Waals surface area contributed by atoms with Crippen LogP contribution in [0.25, 0.3) is 0 Å². The van der Waals surface area contributed by atoms with Gasteiger partial charge in [0.1, 0.15) is 12.4 Å². The number of amides is 1. The molecule has 0 spiro atoms. The molecule has 0 atom stereocenters. The van der Waals surface area contributed by atoms with E-state index in [-0.39, 0.29) is 24.1 Å². The summed E-state index contributed by atoms with van der Waals surface area (Å²) in [5.74, 6) is -0.729. The first-order valence-electron chi connectivity index (χ1n) is 5.78. The molecular formula is C14H13FN2O2. The number of hydrogen-bond donors (Lipinski definition) is 1. The van der Waals surface area contributed by atoms with Crippen LogP contribution in [0.15, 0.2) is 42.6 Å². The van der Waals surface area contributed by atoms with Gasteiger partial charge in [0.2, 0.25) is 5.91 Å². The lowest BCUT2D eigenvalue weighted by atomic mass is 10.3. The summed E-state index contributed by atoms with van der Waals surface area (Å²) in [6.45, 7) is 1.49. The zero-order valence-electron chi connectivity index (χ0n) is 10.4. The topological polar surface area (TPSA) is 51.1 Å². The van der Waals surface area contributed by atoms with Gasteiger partial charge < -0.3 is 9.88 Å². The molecule has 0 aliphatic heterocycles. The number of carbonyl (C=O) groups excluding carboxylic acids is 2. The van der Waals surface area contributed by atoms with Crippen molar-refractivity contribution in [3.63, 3.8) is 0 Å². The summed E-state index contributed by atoms with van der Waals surface area (Å²) in [5, 5.41) is 2.64. The summed E-state index contributed by atoms with van der Waals surface area (Å²) in [6, 6.07) is 8.87. The highest BCUT2D eigenvalue weighted by Crippen LogP contribution is 2.09. The molecule has 2 aromatic rings. The first-order chi connectivity index (χ1) is 9.06. The highest BCUT2D eigenvalue weighted by molar-refractivity contribution is 5.94. The molecule has 1 N–H and O–H groups in total. The molecular weight excluding hydrogens is 247 g/mol. The van der Waals surface area contributed by atoms with E-state index >= 15 is 0 Å². The van der Waals surface area contributed by atoms with E-state index in [9.17, 15) is 14.0 Å². The Morgan fingerprint density at radius 1 is 1.21 bits per heavy atom. The molecule has 1 aromatic carbocycles. The Morgan fingerprint density at radius 2 is 1.89 bits per heavy atom. The number of nitrogens with zero attached hydrogens (tertiary/aromatic N) is 1. The van der Waals surface area contributed by atoms with Gasteiger partial charge in [0.15, 0.2) is 5.78 Å². The lowest BCUT2D eigenvalue weighted by molar-refractivity contribution is -0.116. The van der Waals surface area contributed by atoms with Gasteiger partial charge in [-0.1, -0.05) is 0 Å². The fourth-order valence-electron chi connectivity index (χ4n) is 1.76. The zero-order valence-corrected chi connectivity index (χ0v) is 10.4. The number of hydrogen-bond acceptors (Lipinski definition) is 2. The normalized spacial score (nSPS) is 10.2. The number of benzene rings is 1. The minimum atomic E-state index is -0.359. The van der Waals surface area contributed by atoms with E-state index in [0.717, 1.165) is 0 Å². The van der Waals surface area contributed by atoms with Crippen LogP contribution in [-0.4, -0.2) is 16.3 Å². The molecule has 0 aliphatic carbocycles. The van der Waals surface area contributed by atoms with Gasteiger partial charge >= 0.3 is 0 Å². The maximum Gasteiger partial charge on any atom is 0.244 e. The van der Waals surface area contributed by atoms with Gasteiger partial charge in [0, 0.05) is 18.8 Å². The average Bonchev–Trinajstić information content (AvgIpc) is 2.80. The molecule has 1 heterocycles. The number of Topliss-reactive ketones (excluding diaryl/α,β-unsaturated/α-hetero) is 1. The fourth-order valence-corrected chi connectivity index (χ4v) is 1.76. The van der Waals surface area contributed by atoms with Crippen molar-refractivity contribution in [2.24, 2.45) is 0 Å². The van der Waals surface area contributed by atoms with Gasteiger partial charge in [-0.2, -0.15) is 0 Å². The Morgan fingerprint density at radius 3 is 2.53 bits per heavy atom. The van der Waals surface area contributed by atoms with Gasteiger partial charge in [0.05, 0.1) is 5.69 Å². The van der Waals surface area contributed by atoms with Crippen LogP contribution in [0.3, 0.4) is 0 Å². The lowest BCUT2D eigenvalue weighted by Gasteiger charge is -2.08. The molecule has 4 nitrogen and oxygen atoms in total. The van der Waals surface area contributed by atoms with Crippen LogP contribution in [0.2, 0.25) is 0 Å². The molecule has 19 heavy (non-hydrogen) atoms. The molecule has 1 aromatic heterocycles. The van der Waals surface area contributed by atoms with Crippen LogP contribution >= 0.6 is 0 Å². The van der Waals surface area contributed by atoms with Crippen LogP contribution in [-0.2, 0) is 11.3 Å². The van der Waals surface area contributed by atoms with E-state index in [1.54, 1.807) is 22.9 Å². The monoisotopic (exact) mass is 260 g/mol. The van der Waals surface area contributed by atoms with Crippen molar-refractivity contribution in [2.45, 2.75) is 13.5 Å². The summed E-state index contributed by atoms with van der Waals surface area (Å²) >= 11 is 0. The molecule has 0 aliphatic rings. The quantitative estimate of drug-likeness (QED) is 0.858. The second-order valence-electron chi connectivity index (χ2n) is 4.13. The molecule has 0 bridgehead atoms. The number of anilines is 1. The van der Waals surface area contributed by atoms with E-state index in [1.165, 1.54) is 31.2 Å². The molecule has 1 amide bonds. The smallest absolute Gasteiger partial charge is 0.244 e. The maximum absolute atomic E-state index is 12.7. The third-order valence-corrected chi connectivity index (χ3v) is 2.63. The molecule has 5 heteroatoms. The van der Waals surface area contributed by atoms with Crippen molar-refractivity contribution in [2.75, 3.05) is 5.32 Å². The van der Waals surface area contributed by atoms with Gasteiger partial charge in [0.25, 0.3) is 0 Å². The highest BCUT2D eigenvalue weighted by atomic mass is 19.1. The van der Waals surface area contributed by atoms with Crippen molar-refractivity contribution >= 4 is 17.4 Å². The lowest BCUT2D eigenvalue weighted by Crippen LogP contribution is -2.20.